The van der Waals surface area contributed by atoms with E-state index in [9.17, 15) is 4.79 Å². The first-order valence-corrected chi connectivity index (χ1v) is 9.27. The van der Waals surface area contributed by atoms with Crippen molar-refractivity contribution >= 4 is 32.7 Å². The molecule has 3 aliphatic rings. The Kier molecular flexibility index (Phi) is 3.71. The van der Waals surface area contributed by atoms with Gasteiger partial charge in [0.15, 0.2) is 5.69 Å². The van der Waals surface area contributed by atoms with Crippen LogP contribution in [-0.4, -0.2) is 22.2 Å². The molecule has 5 rings (SSSR count). The summed E-state index contributed by atoms with van der Waals surface area (Å²) in [7, 11) is 1.88. The molecule has 23 heavy (non-hydrogen) atoms. The van der Waals surface area contributed by atoms with Crippen molar-refractivity contribution < 1.29 is 4.79 Å². The van der Waals surface area contributed by atoms with Gasteiger partial charge in [-0.25, -0.2) is 0 Å². The van der Waals surface area contributed by atoms with Crippen molar-refractivity contribution in [3.05, 3.63) is 28.4 Å². The second-order valence-electron chi connectivity index (χ2n) is 7.27. The van der Waals surface area contributed by atoms with Gasteiger partial charge in [-0.15, -0.1) is 0 Å². The van der Waals surface area contributed by atoms with Gasteiger partial charge in [-0.1, -0.05) is 22.0 Å². The maximum Gasteiger partial charge on any atom is 0.272 e. The number of nitrogens with one attached hydrogen (secondary N) is 1. The lowest BCUT2D eigenvalue weighted by Crippen LogP contribution is -2.43. The van der Waals surface area contributed by atoms with Crippen molar-refractivity contribution in [2.24, 2.45) is 18.4 Å². The van der Waals surface area contributed by atoms with Crippen molar-refractivity contribution in [2.75, 3.05) is 6.54 Å². The molecule has 4 nitrogen and oxygen atoms in total. The van der Waals surface area contributed by atoms with Crippen LogP contribution >= 0.6 is 15.9 Å². The Morgan fingerprint density at radius 1 is 1.35 bits per heavy atom. The van der Waals surface area contributed by atoms with Crippen LogP contribution < -0.4 is 5.32 Å². The Bertz CT molecular complexity index is 745. The average Bonchev–Trinajstić information content (AvgIpc) is 2.93. The maximum atomic E-state index is 12.7. The predicted molar refractivity (Wildman–Crippen MR) is 94.4 cm³/mol. The van der Waals surface area contributed by atoms with Gasteiger partial charge in [0.05, 0.1) is 5.52 Å². The zero-order valence-electron chi connectivity index (χ0n) is 13.4. The summed E-state index contributed by atoms with van der Waals surface area (Å²) in [5, 5.41) is 8.53. The molecule has 5 heteroatoms. The summed E-state index contributed by atoms with van der Waals surface area (Å²) in [6.07, 6.45) is 7.83. The lowest BCUT2D eigenvalue weighted by molar-refractivity contribution is 0.0596. The first kappa shape index (κ1) is 15.2. The number of nitrogens with zero attached hydrogens (tertiary/aromatic N) is 2. The van der Waals surface area contributed by atoms with Crippen molar-refractivity contribution in [3.8, 4) is 0 Å². The number of aromatic nitrogens is 2. The van der Waals surface area contributed by atoms with E-state index in [1.165, 1.54) is 38.5 Å². The van der Waals surface area contributed by atoms with Gasteiger partial charge in [0.25, 0.3) is 5.91 Å². The van der Waals surface area contributed by atoms with Gasteiger partial charge in [-0.05, 0) is 62.0 Å². The van der Waals surface area contributed by atoms with E-state index in [1.807, 2.05) is 25.2 Å². The molecule has 1 heterocycles. The summed E-state index contributed by atoms with van der Waals surface area (Å²) in [6, 6.07) is 5.92. The molecular formula is C18H22BrN3O. The fraction of sp³-hybridized carbons (Fsp3) is 0.556. The molecule has 0 radical (unpaired) electrons. The molecule has 0 saturated heterocycles. The lowest BCUT2D eigenvalue weighted by atomic mass is 9.61. The molecule has 1 amide bonds. The van der Waals surface area contributed by atoms with Crippen molar-refractivity contribution in [2.45, 2.75) is 38.5 Å². The van der Waals surface area contributed by atoms with Crippen molar-refractivity contribution in [1.82, 2.24) is 15.1 Å². The smallest absolute Gasteiger partial charge is 0.272 e. The van der Waals surface area contributed by atoms with Crippen molar-refractivity contribution in [3.63, 3.8) is 0 Å². The van der Waals surface area contributed by atoms with Crippen LogP contribution in [0, 0.1) is 11.3 Å². The number of benzene rings is 1. The molecule has 3 fully saturated rings. The summed E-state index contributed by atoms with van der Waals surface area (Å²) in [5.41, 5.74) is 1.84. The number of carbonyl (C=O) groups excluding carboxylic acids is 1. The highest BCUT2D eigenvalue weighted by molar-refractivity contribution is 9.10. The predicted octanol–water partition coefficient (Wildman–Crippen LogP) is 4.04. The number of aryl methyl sites for hydroxylation is 1. The number of hydrogen-bond acceptors (Lipinski definition) is 2. The Balaban J connectivity index is 1.56. The maximum absolute atomic E-state index is 12.7. The van der Waals surface area contributed by atoms with E-state index >= 15 is 0 Å². The SMILES string of the molecule is Cn1nc(C(=O)NCC23CCC(CC2)CC3)c2c(Br)cccc21. The average molecular weight is 376 g/mol. The molecule has 0 atom stereocenters. The molecule has 2 bridgehead atoms. The van der Waals surface area contributed by atoms with Gasteiger partial charge < -0.3 is 5.32 Å². The second-order valence-corrected chi connectivity index (χ2v) is 8.13. The van der Waals surface area contributed by atoms with Crippen LogP contribution in [0.4, 0.5) is 0 Å². The number of rotatable bonds is 3. The van der Waals surface area contributed by atoms with Crippen LogP contribution in [0.1, 0.15) is 49.0 Å². The van der Waals surface area contributed by atoms with Crippen LogP contribution in [0.25, 0.3) is 10.9 Å². The number of amides is 1. The Morgan fingerprint density at radius 3 is 2.74 bits per heavy atom. The third-order valence-electron chi connectivity index (χ3n) is 5.91. The van der Waals surface area contributed by atoms with Crippen molar-refractivity contribution in [1.29, 1.82) is 0 Å². The lowest BCUT2D eigenvalue weighted by Gasteiger charge is -2.46. The van der Waals surface area contributed by atoms with E-state index in [1.54, 1.807) is 4.68 Å². The Hall–Kier alpha value is -1.36. The normalized spacial score (nSPS) is 26.6. The van der Waals surface area contributed by atoms with E-state index in [0.29, 0.717) is 11.1 Å². The monoisotopic (exact) mass is 375 g/mol. The third kappa shape index (κ3) is 2.59. The number of hydrogen-bond donors (Lipinski definition) is 1. The topological polar surface area (TPSA) is 46.9 Å². The molecule has 0 unspecified atom stereocenters. The largest absolute Gasteiger partial charge is 0.350 e. The van der Waals surface area contributed by atoms with E-state index < -0.39 is 0 Å². The minimum absolute atomic E-state index is 0.0513. The molecule has 3 saturated carbocycles. The van der Waals surface area contributed by atoms with E-state index in [-0.39, 0.29) is 5.91 Å². The van der Waals surface area contributed by atoms with Crippen LogP contribution in [0.3, 0.4) is 0 Å². The van der Waals surface area contributed by atoms with Crippen LogP contribution in [-0.2, 0) is 7.05 Å². The summed E-state index contributed by atoms with van der Waals surface area (Å²) >= 11 is 3.55. The zero-order chi connectivity index (χ0) is 16.0. The minimum Gasteiger partial charge on any atom is -0.350 e. The van der Waals surface area contributed by atoms with Gasteiger partial charge in [0.2, 0.25) is 0 Å². The standard InChI is InChI=1S/C18H22BrN3O/c1-22-14-4-2-3-13(19)15(14)16(21-22)17(23)20-11-18-8-5-12(6-9-18)7-10-18/h2-4,12H,5-11H2,1H3,(H,20,23). The minimum atomic E-state index is -0.0513. The summed E-state index contributed by atoms with van der Waals surface area (Å²) < 4.78 is 2.70. The van der Waals surface area contributed by atoms with E-state index in [4.69, 9.17) is 0 Å². The number of fused-ring (bicyclic) bond motifs is 4. The van der Waals surface area contributed by atoms with Gasteiger partial charge in [0, 0.05) is 23.5 Å². The molecule has 122 valence electrons. The fourth-order valence-electron chi connectivity index (χ4n) is 4.39. The molecule has 3 aliphatic carbocycles. The first-order chi connectivity index (χ1) is 11.1. The second kappa shape index (κ2) is 5.62. The molecule has 0 aliphatic heterocycles. The van der Waals surface area contributed by atoms with E-state index in [0.717, 1.165) is 27.8 Å². The molecular weight excluding hydrogens is 354 g/mol. The van der Waals surface area contributed by atoms with Crippen LogP contribution in [0.15, 0.2) is 22.7 Å². The highest BCUT2D eigenvalue weighted by Gasteiger charge is 2.40. The summed E-state index contributed by atoms with van der Waals surface area (Å²) in [6.45, 7) is 0.793. The fourth-order valence-corrected chi connectivity index (χ4v) is 4.93. The first-order valence-electron chi connectivity index (χ1n) is 8.47. The highest BCUT2D eigenvalue weighted by atomic mass is 79.9. The van der Waals surface area contributed by atoms with Gasteiger partial charge in [-0.2, -0.15) is 5.10 Å². The molecule has 1 aromatic heterocycles. The van der Waals surface area contributed by atoms with E-state index in [2.05, 4.69) is 26.3 Å². The van der Waals surface area contributed by atoms with Gasteiger partial charge >= 0.3 is 0 Å². The Morgan fingerprint density at radius 2 is 2.04 bits per heavy atom. The number of halogens is 1. The molecule has 1 aromatic carbocycles. The van der Waals surface area contributed by atoms with Gasteiger partial charge in [-0.3, -0.25) is 9.48 Å². The van der Waals surface area contributed by atoms with Crippen LogP contribution in [0.2, 0.25) is 0 Å². The molecule has 2 aromatic rings. The molecule has 0 spiro atoms. The zero-order valence-corrected chi connectivity index (χ0v) is 15.0. The quantitative estimate of drug-likeness (QED) is 0.879. The third-order valence-corrected chi connectivity index (χ3v) is 6.58. The van der Waals surface area contributed by atoms with Gasteiger partial charge in [0.1, 0.15) is 0 Å². The summed E-state index contributed by atoms with van der Waals surface area (Å²) in [4.78, 5) is 12.7. The van der Waals surface area contributed by atoms with Crippen LogP contribution in [0.5, 0.6) is 0 Å². The Labute approximate surface area is 144 Å². The highest BCUT2D eigenvalue weighted by Crippen LogP contribution is 2.49. The summed E-state index contributed by atoms with van der Waals surface area (Å²) in [5.74, 6) is 0.896. The number of carbonyl (C=O) groups is 1. The molecule has 1 N–H and O–H groups in total.